The molecule has 140 valence electrons. The number of rotatable bonds is 7. The number of carbonyl (C=O) groups is 1. The number of aliphatic hydroxyl groups is 1. The number of ether oxygens (including phenoxy) is 1. The number of alkyl halides is 5. The normalized spacial score (nSPS) is 23.6. The summed E-state index contributed by atoms with van der Waals surface area (Å²) >= 11 is -1.16. The summed E-state index contributed by atoms with van der Waals surface area (Å²) in [6, 6.07) is 0. The van der Waals surface area contributed by atoms with Gasteiger partial charge in [-0.15, -0.1) is 4.33 Å². The summed E-state index contributed by atoms with van der Waals surface area (Å²) in [5.41, 5.74) is 0. The molecule has 0 amide bonds. The maximum atomic E-state index is 13.5. The van der Waals surface area contributed by atoms with Gasteiger partial charge in [0.25, 0.3) is 6.10 Å². The van der Waals surface area contributed by atoms with E-state index in [2.05, 4.69) is 20.7 Å². The minimum Gasteiger partial charge on any atom is -0.513 e. The predicted molar refractivity (Wildman–Crippen MR) is 70.5 cm³/mol. The Kier molecular flexibility index (Phi) is 7.25. The SMILES string of the molecule is C=C(O)C1CCCCC1C(=O)OC(C(F)(F)F)C(F)(F)SOOO. The molecule has 0 aromatic carbocycles. The van der Waals surface area contributed by atoms with Gasteiger partial charge < -0.3 is 9.84 Å². The van der Waals surface area contributed by atoms with Crippen molar-refractivity contribution in [1.29, 1.82) is 0 Å². The molecule has 0 spiro atoms. The van der Waals surface area contributed by atoms with Crippen LogP contribution in [-0.2, 0) is 18.9 Å². The molecule has 12 heteroatoms. The first-order chi connectivity index (χ1) is 11.0. The molecule has 1 fully saturated rings. The van der Waals surface area contributed by atoms with Gasteiger partial charge in [-0.3, -0.25) is 4.79 Å². The summed E-state index contributed by atoms with van der Waals surface area (Å²) in [7, 11) is 0. The highest BCUT2D eigenvalue weighted by atomic mass is 32.2. The Hall–Kier alpha value is -1.11. The van der Waals surface area contributed by atoms with Gasteiger partial charge in [0.1, 0.15) is 12.0 Å². The Labute approximate surface area is 137 Å². The highest BCUT2D eigenvalue weighted by Gasteiger charge is 2.61. The molecule has 1 aliphatic carbocycles. The van der Waals surface area contributed by atoms with Crippen LogP contribution in [0.15, 0.2) is 12.3 Å². The lowest BCUT2D eigenvalue weighted by Crippen LogP contribution is -2.48. The molecule has 0 aromatic heterocycles. The monoisotopic (exact) mass is 382 g/mol. The van der Waals surface area contributed by atoms with E-state index in [0.717, 1.165) is 0 Å². The van der Waals surface area contributed by atoms with E-state index in [-0.39, 0.29) is 12.8 Å². The van der Waals surface area contributed by atoms with Crippen molar-refractivity contribution in [3.05, 3.63) is 12.3 Å². The molecule has 2 N–H and O–H groups in total. The largest absolute Gasteiger partial charge is 0.513 e. The zero-order valence-corrected chi connectivity index (χ0v) is 12.9. The van der Waals surface area contributed by atoms with Crippen LogP contribution in [0.4, 0.5) is 22.0 Å². The molecule has 0 radical (unpaired) electrons. The summed E-state index contributed by atoms with van der Waals surface area (Å²) < 4.78 is 72.9. The van der Waals surface area contributed by atoms with Crippen molar-refractivity contribution < 1.29 is 51.2 Å². The van der Waals surface area contributed by atoms with E-state index in [1.165, 1.54) is 0 Å². The van der Waals surface area contributed by atoms with Gasteiger partial charge in [0.2, 0.25) is 0 Å². The van der Waals surface area contributed by atoms with E-state index in [1.807, 2.05) is 0 Å². The molecule has 0 aromatic rings. The van der Waals surface area contributed by atoms with E-state index >= 15 is 0 Å². The van der Waals surface area contributed by atoms with E-state index < -0.39 is 53.1 Å². The molecule has 1 aliphatic rings. The van der Waals surface area contributed by atoms with Crippen molar-refractivity contribution in [2.24, 2.45) is 11.8 Å². The van der Waals surface area contributed by atoms with Gasteiger partial charge in [-0.05, 0) is 12.8 Å². The van der Waals surface area contributed by atoms with Gasteiger partial charge in [-0.2, -0.15) is 22.0 Å². The Morgan fingerprint density at radius 2 is 1.71 bits per heavy atom. The third-order valence-corrected chi connectivity index (χ3v) is 4.07. The summed E-state index contributed by atoms with van der Waals surface area (Å²) in [5.74, 6) is -4.02. The Morgan fingerprint density at radius 1 is 1.17 bits per heavy atom. The average molecular weight is 382 g/mol. The van der Waals surface area contributed by atoms with Gasteiger partial charge in [0.15, 0.2) is 0 Å². The molecule has 24 heavy (non-hydrogen) atoms. The maximum Gasteiger partial charge on any atom is 0.432 e. The zero-order valence-electron chi connectivity index (χ0n) is 12.1. The topological polar surface area (TPSA) is 85.2 Å². The minimum absolute atomic E-state index is 0.0720. The lowest BCUT2D eigenvalue weighted by Gasteiger charge is -2.32. The number of hydrogen-bond donors (Lipinski definition) is 2. The average Bonchev–Trinajstić information content (AvgIpc) is 2.49. The molecule has 3 atom stereocenters. The minimum atomic E-state index is -5.61. The van der Waals surface area contributed by atoms with Crippen molar-refractivity contribution in [1.82, 2.24) is 0 Å². The lowest BCUT2D eigenvalue weighted by molar-refractivity contribution is -0.434. The maximum absolute atomic E-state index is 13.5. The van der Waals surface area contributed by atoms with Crippen LogP contribution in [0.3, 0.4) is 0 Å². The predicted octanol–water partition coefficient (Wildman–Crippen LogP) is 4.00. The molecule has 0 heterocycles. The van der Waals surface area contributed by atoms with E-state index in [9.17, 15) is 31.9 Å². The number of aliphatic hydroxyl groups excluding tert-OH is 1. The smallest absolute Gasteiger partial charge is 0.432 e. The molecule has 0 aliphatic heterocycles. The van der Waals surface area contributed by atoms with E-state index in [1.54, 1.807) is 0 Å². The van der Waals surface area contributed by atoms with Gasteiger partial charge >= 0.3 is 17.4 Å². The second-order valence-corrected chi connectivity index (χ2v) is 5.98. The van der Waals surface area contributed by atoms with Gasteiger partial charge in [-0.25, -0.2) is 5.26 Å². The fraction of sp³-hybridized carbons (Fsp3) is 0.750. The van der Waals surface area contributed by atoms with Gasteiger partial charge in [-0.1, -0.05) is 24.5 Å². The van der Waals surface area contributed by atoms with Crippen LogP contribution in [0.2, 0.25) is 0 Å². The molecule has 0 saturated heterocycles. The van der Waals surface area contributed by atoms with Crippen molar-refractivity contribution in [3.63, 3.8) is 0 Å². The van der Waals surface area contributed by atoms with Crippen LogP contribution in [-0.4, -0.2) is 33.9 Å². The number of esters is 1. The summed E-state index contributed by atoms with van der Waals surface area (Å²) in [5, 5.41) is 15.3. The first-order valence-electron chi connectivity index (χ1n) is 6.69. The van der Waals surface area contributed by atoms with Crippen LogP contribution in [0.5, 0.6) is 0 Å². The van der Waals surface area contributed by atoms with Crippen molar-refractivity contribution in [2.75, 3.05) is 0 Å². The standard InChI is InChI=1S/C12H15F5O6S/c1-6(18)7-4-2-3-5-8(7)9(19)21-10(11(13,14)15)12(16,17)24-23-22-20/h7-8,10,18,20H,1-5H2. The molecular weight excluding hydrogens is 367 g/mol. The molecule has 3 unspecified atom stereocenters. The third kappa shape index (κ3) is 5.46. The van der Waals surface area contributed by atoms with Crippen molar-refractivity contribution >= 4 is 18.0 Å². The summed E-state index contributed by atoms with van der Waals surface area (Å²) in [4.78, 5) is 12.0. The Morgan fingerprint density at radius 3 is 2.17 bits per heavy atom. The summed E-state index contributed by atoms with van der Waals surface area (Å²) in [6.07, 6.45) is -8.02. The number of carbonyl (C=O) groups excluding carboxylic acids is 1. The van der Waals surface area contributed by atoms with Crippen molar-refractivity contribution in [3.8, 4) is 0 Å². The number of halogens is 5. The highest BCUT2D eigenvalue weighted by Crippen LogP contribution is 2.44. The van der Waals surface area contributed by atoms with E-state index in [0.29, 0.717) is 12.8 Å². The number of allylic oxidation sites excluding steroid dienone is 1. The third-order valence-electron chi connectivity index (χ3n) is 3.51. The van der Waals surface area contributed by atoms with Crippen LogP contribution < -0.4 is 0 Å². The summed E-state index contributed by atoms with van der Waals surface area (Å²) in [6.45, 7) is 3.24. The fourth-order valence-electron chi connectivity index (χ4n) is 2.45. The lowest BCUT2D eigenvalue weighted by atomic mass is 9.78. The molecule has 1 saturated carbocycles. The fourth-order valence-corrected chi connectivity index (χ4v) is 2.84. The second kappa shape index (κ2) is 8.32. The molecule has 1 rings (SSSR count). The number of hydrogen-bond acceptors (Lipinski definition) is 7. The second-order valence-electron chi connectivity index (χ2n) is 5.14. The van der Waals surface area contributed by atoms with Crippen LogP contribution in [0.25, 0.3) is 0 Å². The van der Waals surface area contributed by atoms with Crippen LogP contribution in [0.1, 0.15) is 25.7 Å². The molecule has 0 bridgehead atoms. The first kappa shape index (κ1) is 20.9. The van der Waals surface area contributed by atoms with E-state index in [4.69, 9.17) is 5.26 Å². The zero-order chi connectivity index (χ0) is 18.5. The van der Waals surface area contributed by atoms with Gasteiger partial charge in [0, 0.05) is 5.92 Å². The molecule has 6 nitrogen and oxygen atoms in total. The quantitative estimate of drug-likeness (QED) is 0.172. The van der Waals surface area contributed by atoms with Crippen molar-refractivity contribution in [2.45, 2.75) is 43.2 Å². The van der Waals surface area contributed by atoms with Gasteiger partial charge in [0.05, 0.1) is 11.7 Å². The Bertz CT molecular complexity index is 458. The van der Waals surface area contributed by atoms with Crippen LogP contribution in [0, 0.1) is 11.8 Å². The van der Waals surface area contributed by atoms with Crippen LogP contribution >= 0.6 is 12.0 Å². The molecular formula is C12H15F5O6S. The highest BCUT2D eigenvalue weighted by molar-refractivity contribution is 7.95. The Balaban J connectivity index is 2.93. The first-order valence-corrected chi connectivity index (χ1v) is 7.43.